The monoisotopic (exact) mass is 364 g/mol. The molecule has 0 aliphatic heterocycles. The Labute approximate surface area is 156 Å². The minimum absolute atomic E-state index is 0.456. The molecule has 0 aliphatic rings. The van der Waals surface area contributed by atoms with E-state index >= 15 is 0 Å². The van der Waals surface area contributed by atoms with Gasteiger partial charge in [-0.25, -0.2) is 4.98 Å². The van der Waals surface area contributed by atoms with Crippen LogP contribution in [0.5, 0.6) is 5.75 Å². The van der Waals surface area contributed by atoms with Gasteiger partial charge in [-0.05, 0) is 24.6 Å². The molecule has 6 heteroatoms. The third-order valence-electron chi connectivity index (χ3n) is 4.06. The molecule has 0 saturated carbocycles. The molecule has 2 aromatic carbocycles. The lowest BCUT2D eigenvalue weighted by Gasteiger charge is -2.13. The maximum absolute atomic E-state index is 6.25. The van der Waals surface area contributed by atoms with E-state index in [1.54, 1.807) is 10.7 Å². The third kappa shape index (κ3) is 3.34. The van der Waals surface area contributed by atoms with Gasteiger partial charge in [-0.1, -0.05) is 48.0 Å². The second-order valence-electron chi connectivity index (χ2n) is 5.90. The average Bonchev–Trinajstić information content (AvgIpc) is 3.13. The average molecular weight is 365 g/mol. The maximum atomic E-state index is 6.25. The molecule has 26 heavy (non-hydrogen) atoms. The maximum Gasteiger partial charge on any atom is 0.159 e. The summed E-state index contributed by atoms with van der Waals surface area (Å²) >= 11 is 6.25. The van der Waals surface area contributed by atoms with Crippen molar-refractivity contribution in [2.45, 2.75) is 13.5 Å². The summed E-state index contributed by atoms with van der Waals surface area (Å²) in [4.78, 5) is 4.32. The quantitative estimate of drug-likeness (QED) is 0.505. The van der Waals surface area contributed by atoms with Gasteiger partial charge in [0.25, 0.3) is 0 Å². The van der Waals surface area contributed by atoms with Crippen molar-refractivity contribution in [1.82, 2.24) is 14.6 Å². The zero-order valence-electron chi connectivity index (χ0n) is 14.2. The van der Waals surface area contributed by atoms with Crippen molar-refractivity contribution in [2.24, 2.45) is 0 Å². The molecular formula is C20H17ClN4O. The number of benzene rings is 2. The number of aromatic nitrogens is 3. The molecule has 0 saturated heterocycles. The highest BCUT2D eigenvalue weighted by Crippen LogP contribution is 2.27. The third-order valence-corrected chi connectivity index (χ3v) is 4.42. The molecule has 0 fully saturated rings. The molecule has 0 radical (unpaired) electrons. The Bertz CT molecular complexity index is 1050. The smallest absolute Gasteiger partial charge is 0.159 e. The van der Waals surface area contributed by atoms with E-state index < -0.39 is 0 Å². The predicted octanol–water partition coefficient (Wildman–Crippen LogP) is 5.01. The van der Waals surface area contributed by atoms with Gasteiger partial charge >= 0.3 is 0 Å². The van der Waals surface area contributed by atoms with E-state index in [-0.39, 0.29) is 0 Å². The van der Waals surface area contributed by atoms with Gasteiger partial charge < -0.3 is 10.1 Å². The van der Waals surface area contributed by atoms with Gasteiger partial charge in [0.05, 0.1) is 6.20 Å². The van der Waals surface area contributed by atoms with Crippen LogP contribution in [0.25, 0.3) is 5.65 Å². The second kappa shape index (κ2) is 7.06. The molecule has 130 valence electrons. The summed E-state index contributed by atoms with van der Waals surface area (Å²) in [6.07, 6.45) is 1.70. The molecule has 2 heterocycles. The van der Waals surface area contributed by atoms with Crippen molar-refractivity contribution in [3.05, 3.63) is 83.1 Å². The van der Waals surface area contributed by atoms with Crippen molar-refractivity contribution in [1.29, 1.82) is 0 Å². The number of fused-ring (bicyclic) bond motifs is 1. The van der Waals surface area contributed by atoms with E-state index in [1.165, 1.54) is 0 Å². The van der Waals surface area contributed by atoms with Gasteiger partial charge in [-0.15, -0.1) is 0 Å². The van der Waals surface area contributed by atoms with E-state index in [2.05, 4.69) is 15.4 Å². The molecule has 5 nitrogen and oxygen atoms in total. The van der Waals surface area contributed by atoms with Crippen LogP contribution >= 0.6 is 11.6 Å². The van der Waals surface area contributed by atoms with Crippen molar-refractivity contribution >= 4 is 28.8 Å². The number of nitrogens with zero attached hydrogens (tertiary/aromatic N) is 3. The summed E-state index contributed by atoms with van der Waals surface area (Å²) in [5.41, 5.74) is 3.54. The van der Waals surface area contributed by atoms with Crippen LogP contribution in [0, 0.1) is 6.92 Å². The molecule has 0 aliphatic carbocycles. The van der Waals surface area contributed by atoms with Crippen molar-refractivity contribution in [3.63, 3.8) is 0 Å². The van der Waals surface area contributed by atoms with Crippen LogP contribution in [0.1, 0.15) is 11.1 Å². The van der Waals surface area contributed by atoms with Crippen molar-refractivity contribution in [3.8, 4) is 5.75 Å². The minimum Gasteiger partial charge on any atom is -0.489 e. The zero-order valence-corrected chi connectivity index (χ0v) is 14.9. The van der Waals surface area contributed by atoms with Crippen LogP contribution in [-0.4, -0.2) is 14.6 Å². The lowest BCUT2D eigenvalue weighted by Crippen LogP contribution is -2.05. The number of nitrogens with one attached hydrogen (secondary N) is 1. The largest absolute Gasteiger partial charge is 0.489 e. The van der Waals surface area contributed by atoms with E-state index in [9.17, 15) is 0 Å². The van der Waals surface area contributed by atoms with E-state index in [0.29, 0.717) is 17.4 Å². The van der Waals surface area contributed by atoms with Crippen LogP contribution in [0.4, 0.5) is 11.5 Å². The number of halogens is 1. The summed E-state index contributed by atoms with van der Waals surface area (Å²) in [5.74, 6) is 1.57. The van der Waals surface area contributed by atoms with E-state index in [1.807, 2.05) is 67.6 Å². The molecule has 2 aromatic heterocycles. The minimum atomic E-state index is 0.456. The highest BCUT2D eigenvalue weighted by Gasteiger charge is 2.11. The Morgan fingerprint density at radius 1 is 1.08 bits per heavy atom. The number of anilines is 2. The summed E-state index contributed by atoms with van der Waals surface area (Å²) in [5, 5.41) is 8.15. The van der Waals surface area contributed by atoms with Gasteiger partial charge in [0.15, 0.2) is 5.65 Å². The molecule has 0 bridgehead atoms. The lowest BCUT2D eigenvalue weighted by atomic mass is 10.2. The van der Waals surface area contributed by atoms with Gasteiger partial charge in [-0.3, -0.25) is 0 Å². The van der Waals surface area contributed by atoms with Gasteiger partial charge in [0, 0.05) is 23.4 Å². The fourth-order valence-electron chi connectivity index (χ4n) is 2.68. The number of rotatable bonds is 5. The molecular weight excluding hydrogens is 348 g/mol. The molecule has 0 atom stereocenters. The number of hydrogen-bond acceptors (Lipinski definition) is 4. The molecule has 4 aromatic rings. The Morgan fingerprint density at radius 3 is 2.77 bits per heavy atom. The fraction of sp³-hybridized carbons (Fsp3) is 0.100. The molecule has 4 rings (SSSR count). The first-order chi connectivity index (χ1) is 12.7. The van der Waals surface area contributed by atoms with Crippen molar-refractivity contribution < 1.29 is 4.74 Å². The van der Waals surface area contributed by atoms with E-state index in [0.717, 1.165) is 28.4 Å². The van der Waals surface area contributed by atoms with E-state index in [4.69, 9.17) is 16.3 Å². The summed E-state index contributed by atoms with van der Waals surface area (Å²) < 4.78 is 7.63. The highest BCUT2D eigenvalue weighted by atomic mass is 35.5. The topological polar surface area (TPSA) is 51.5 Å². The Hall–Kier alpha value is -3.05. The van der Waals surface area contributed by atoms with Crippen LogP contribution in [0.3, 0.4) is 0 Å². The van der Waals surface area contributed by atoms with Crippen LogP contribution in [0.15, 0.2) is 66.9 Å². The SMILES string of the molecule is Cc1c(Cl)nc2ccnn2c1Nc1cccc(OCc2ccccc2)c1. The summed E-state index contributed by atoms with van der Waals surface area (Å²) in [7, 11) is 0. The number of ether oxygens (including phenoxy) is 1. The molecule has 1 N–H and O–H groups in total. The van der Waals surface area contributed by atoms with Crippen LogP contribution < -0.4 is 10.1 Å². The highest BCUT2D eigenvalue weighted by molar-refractivity contribution is 6.30. The molecule has 0 spiro atoms. The summed E-state index contributed by atoms with van der Waals surface area (Å²) in [6.45, 7) is 2.43. The Morgan fingerprint density at radius 2 is 1.92 bits per heavy atom. The first-order valence-electron chi connectivity index (χ1n) is 8.24. The fourth-order valence-corrected chi connectivity index (χ4v) is 2.86. The standard InChI is InChI=1S/C20H17ClN4O/c1-14-19(21)24-18-10-11-22-25(18)20(14)23-16-8-5-9-17(12-16)26-13-15-6-3-2-4-7-15/h2-12,23H,13H2,1H3. The normalized spacial score (nSPS) is 10.8. The first-order valence-corrected chi connectivity index (χ1v) is 8.62. The van der Waals surface area contributed by atoms with Crippen LogP contribution in [-0.2, 0) is 6.61 Å². The Kier molecular flexibility index (Phi) is 4.46. The van der Waals surface area contributed by atoms with Gasteiger partial charge in [0.1, 0.15) is 23.3 Å². The Balaban J connectivity index is 1.58. The lowest BCUT2D eigenvalue weighted by molar-refractivity contribution is 0.306. The summed E-state index contributed by atoms with van der Waals surface area (Å²) in [6, 6.07) is 19.7. The number of hydrogen-bond donors (Lipinski definition) is 1. The van der Waals surface area contributed by atoms with Gasteiger partial charge in [0.2, 0.25) is 0 Å². The zero-order chi connectivity index (χ0) is 17.9. The van der Waals surface area contributed by atoms with Gasteiger partial charge in [-0.2, -0.15) is 9.61 Å². The molecule has 0 unspecified atom stereocenters. The molecule has 0 amide bonds. The predicted molar refractivity (Wildman–Crippen MR) is 103 cm³/mol. The second-order valence-corrected chi connectivity index (χ2v) is 6.26. The van der Waals surface area contributed by atoms with Crippen molar-refractivity contribution in [2.75, 3.05) is 5.32 Å². The first kappa shape index (κ1) is 16.4. The van der Waals surface area contributed by atoms with Crippen LogP contribution in [0.2, 0.25) is 5.15 Å².